The zero-order valence-corrected chi connectivity index (χ0v) is 20.2. The van der Waals surface area contributed by atoms with Crippen molar-refractivity contribution in [2.75, 3.05) is 5.01 Å². The number of hydrogen-bond acceptors (Lipinski definition) is 6. The van der Waals surface area contributed by atoms with E-state index in [1.54, 1.807) is 12.1 Å². The number of aliphatic imine (C=N–C) groups is 1. The quantitative estimate of drug-likeness (QED) is 0.259. The molecule has 34 heavy (non-hydrogen) atoms. The molecule has 0 amide bonds. The van der Waals surface area contributed by atoms with Crippen molar-refractivity contribution in [1.82, 2.24) is 15.4 Å². The normalized spacial score (nSPS) is 17.2. The lowest BCUT2D eigenvalue weighted by Crippen LogP contribution is -2.34. The molecule has 3 heterocycles. The van der Waals surface area contributed by atoms with Gasteiger partial charge in [-0.3, -0.25) is 10.4 Å². The molecule has 0 bridgehead atoms. The van der Waals surface area contributed by atoms with Crippen LogP contribution >= 0.6 is 45.9 Å². The average molecular weight is 532 g/mol. The van der Waals surface area contributed by atoms with E-state index in [-0.39, 0.29) is 16.1 Å². The molecule has 1 saturated heterocycles. The van der Waals surface area contributed by atoms with Crippen molar-refractivity contribution in [2.24, 2.45) is 4.99 Å². The molecule has 1 unspecified atom stereocenters. The summed E-state index contributed by atoms with van der Waals surface area (Å²) in [6.45, 7) is 0. The lowest BCUT2D eigenvalue weighted by atomic mass is 10.0. The summed E-state index contributed by atoms with van der Waals surface area (Å²) in [4.78, 5) is 13.8. The van der Waals surface area contributed by atoms with Gasteiger partial charge in [0, 0.05) is 6.42 Å². The topological polar surface area (TPSA) is 53.4 Å². The molecule has 1 aliphatic rings. The Morgan fingerprint density at radius 2 is 1.53 bits per heavy atom. The number of rotatable bonds is 3. The van der Waals surface area contributed by atoms with E-state index in [1.165, 1.54) is 34.8 Å². The second-order valence-corrected chi connectivity index (χ2v) is 10.3. The maximum Gasteiger partial charge on any atom is 0.212 e. The standard InChI is InChI=1S/C23H13Cl2F2N5S2/c24-18-12(26)6-8-14-20(18)33-22(28-14)30-17-10-16(11-4-2-1-3-5-11)32(31-17)23-29-15-9-7-13(27)19(25)21(15)34-23/h1-9,16H,10H2,(H,28,30,31). The molecule has 5 nitrogen and oxygen atoms in total. The van der Waals surface area contributed by atoms with Crippen LogP contribution in [-0.4, -0.2) is 15.8 Å². The van der Waals surface area contributed by atoms with Crippen molar-refractivity contribution in [3.05, 3.63) is 81.8 Å². The van der Waals surface area contributed by atoms with Crippen LogP contribution in [0.3, 0.4) is 0 Å². The molecule has 1 N–H and O–H groups in total. The van der Waals surface area contributed by atoms with E-state index in [0.717, 1.165) is 5.56 Å². The number of nitrogens with zero attached hydrogens (tertiary/aromatic N) is 4. The lowest BCUT2D eigenvalue weighted by Gasteiger charge is -2.23. The summed E-state index contributed by atoms with van der Waals surface area (Å²) >= 11 is 14.8. The Bertz CT molecular complexity index is 1590. The summed E-state index contributed by atoms with van der Waals surface area (Å²) in [5, 5.41) is 3.11. The van der Waals surface area contributed by atoms with Gasteiger partial charge in [0.15, 0.2) is 0 Å². The van der Waals surface area contributed by atoms with Gasteiger partial charge < -0.3 is 0 Å². The van der Waals surface area contributed by atoms with Gasteiger partial charge in [-0.05, 0) is 29.8 Å². The number of aromatic nitrogens is 2. The fourth-order valence-corrected chi connectivity index (χ4v) is 6.29. The zero-order chi connectivity index (χ0) is 23.4. The van der Waals surface area contributed by atoms with Crippen LogP contribution in [0.5, 0.6) is 0 Å². The first kappa shape index (κ1) is 21.7. The van der Waals surface area contributed by atoms with Gasteiger partial charge >= 0.3 is 0 Å². The zero-order valence-electron chi connectivity index (χ0n) is 17.1. The van der Waals surface area contributed by atoms with E-state index >= 15 is 0 Å². The lowest BCUT2D eigenvalue weighted by molar-refractivity contribution is 0.630. The number of hydrogen-bond donors (Lipinski definition) is 1. The van der Waals surface area contributed by atoms with Crippen LogP contribution in [0, 0.1) is 11.6 Å². The van der Waals surface area contributed by atoms with E-state index in [9.17, 15) is 8.78 Å². The molecule has 11 heteroatoms. The number of nitrogens with one attached hydrogen (secondary N) is 1. The first-order valence-electron chi connectivity index (χ1n) is 10.2. The largest absolute Gasteiger partial charge is 0.282 e. The van der Waals surface area contributed by atoms with Crippen molar-refractivity contribution in [3.8, 4) is 0 Å². The minimum absolute atomic E-state index is 0.0446. The average Bonchev–Trinajstić information content (AvgIpc) is 3.56. The van der Waals surface area contributed by atoms with Crippen LogP contribution in [0.15, 0.2) is 59.6 Å². The van der Waals surface area contributed by atoms with Crippen molar-refractivity contribution in [1.29, 1.82) is 0 Å². The molecule has 1 aliphatic heterocycles. The minimum Gasteiger partial charge on any atom is -0.282 e. The van der Waals surface area contributed by atoms with Gasteiger partial charge in [-0.15, -0.1) is 0 Å². The summed E-state index contributed by atoms with van der Waals surface area (Å²) in [5.41, 5.74) is 5.59. The van der Waals surface area contributed by atoms with E-state index < -0.39 is 11.6 Å². The molecule has 1 atom stereocenters. The highest BCUT2D eigenvalue weighted by molar-refractivity contribution is 7.23. The van der Waals surface area contributed by atoms with E-state index in [2.05, 4.69) is 20.4 Å². The second-order valence-electron chi connectivity index (χ2n) is 7.58. The Morgan fingerprint density at radius 3 is 2.24 bits per heavy atom. The molecule has 0 radical (unpaired) electrons. The molecule has 0 saturated carbocycles. The van der Waals surface area contributed by atoms with Crippen molar-refractivity contribution < 1.29 is 8.78 Å². The third kappa shape index (κ3) is 3.69. The van der Waals surface area contributed by atoms with Gasteiger partial charge in [-0.2, -0.15) is 0 Å². The number of fused-ring (bicyclic) bond motifs is 2. The molecule has 0 aliphatic carbocycles. The highest BCUT2D eigenvalue weighted by atomic mass is 35.5. The van der Waals surface area contributed by atoms with E-state index in [4.69, 9.17) is 23.2 Å². The summed E-state index contributed by atoms with van der Waals surface area (Å²) in [5.74, 6) is -0.301. The Hall–Kier alpha value is -2.85. The van der Waals surface area contributed by atoms with Gasteiger partial charge in [-0.25, -0.2) is 23.7 Å². The SMILES string of the molecule is Fc1ccc2nc(/N=C3\CC(c4ccccc4)N(c4nc5ccc(F)c(Cl)c5s4)N3)sc2c1Cl. The molecule has 2 aromatic heterocycles. The van der Waals surface area contributed by atoms with Crippen LogP contribution < -0.4 is 10.4 Å². The predicted octanol–water partition coefficient (Wildman–Crippen LogP) is 7.68. The maximum atomic E-state index is 14.0. The third-order valence-corrected chi connectivity index (χ3v) is 8.48. The molecule has 3 aromatic carbocycles. The third-order valence-electron chi connectivity index (χ3n) is 5.45. The molecule has 0 spiro atoms. The number of anilines is 1. The van der Waals surface area contributed by atoms with Crippen molar-refractivity contribution in [2.45, 2.75) is 12.5 Å². The van der Waals surface area contributed by atoms with Gasteiger partial charge in [0.25, 0.3) is 0 Å². The van der Waals surface area contributed by atoms with Crippen LogP contribution in [0.2, 0.25) is 10.0 Å². The Kier molecular flexibility index (Phi) is 5.37. The van der Waals surface area contributed by atoms with Gasteiger partial charge in [0.05, 0.1) is 36.5 Å². The summed E-state index contributed by atoms with van der Waals surface area (Å²) in [7, 11) is 0. The molecule has 6 rings (SSSR count). The monoisotopic (exact) mass is 531 g/mol. The first-order valence-corrected chi connectivity index (χ1v) is 12.5. The fourth-order valence-electron chi connectivity index (χ4n) is 3.85. The highest BCUT2D eigenvalue weighted by Gasteiger charge is 2.33. The molecular weight excluding hydrogens is 519 g/mol. The van der Waals surface area contributed by atoms with E-state index in [1.807, 2.05) is 35.3 Å². The van der Waals surface area contributed by atoms with Crippen LogP contribution in [0.25, 0.3) is 20.4 Å². The first-order chi connectivity index (χ1) is 16.5. The summed E-state index contributed by atoms with van der Waals surface area (Å²) in [6, 6.07) is 15.7. The predicted molar refractivity (Wildman–Crippen MR) is 136 cm³/mol. The Morgan fingerprint density at radius 1 is 0.882 bits per heavy atom. The van der Waals surface area contributed by atoms with E-state index in [0.29, 0.717) is 43.0 Å². The molecule has 170 valence electrons. The van der Waals surface area contributed by atoms with Crippen molar-refractivity contribution >= 4 is 82.4 Å². The Labute approximate surface area is 210 Å². The smallest absolute Gasteiger partial charge is 0.212 e. The highest BCUT2D eigenvalue weighted by Crippen LogP contribution is 2.41. The summed E-state index contributed by atoms with van der Waals surface area (Å²) in [6.07, 6.45) is 0.556. The maximum absolute atomic E-state index is 14.0. The minimum atomic E-state index is -0.489. The number of amidine groups is 1. The van der Waals surface area contributed by atoms with Crippen LogP contribution in [-0.2, 0) is 0 Å². The summed E-state index contributed by atoms with van der Waals surface area (Å²) < 4.78 is 29.0. The molecule has 1 fully saturated rings. The van der Waals surface area contributed by atoms with Gasteiger partial charge in [0.1, 0.15) is 17.5 Å². The second kappa shape index (κ2) is 8.42. The number of halogens is 4. The fraction of sp³-hybridized carbons (Fsp3) is 0.0870. The molecule has 5 aromatic rings. The molecular formula is C23H13Cl2F2N5S2. The number of benzene rings is 3. The van der Waals surface area contributed by atoms with Crippen molar-refractivity contribution in [3.63, 3.8) is 0 Å². The van der Waals surface area contributed by atoms with Crippen LogP contribution in [0.4, 0.5) is 19.0 Å². The number of hydrazine groups is 1. The van der Waals surface area contributed by atoms with Gasteiger partial charge in [0.2, 0.25) is 10.3 Å². The number of thiazole rings is 2. The van der Waals surface area contributed by atoms with Crippen LogP contribution in [0.1, 0.15) is 18.0 Å². The van der Waals surface area contributed by atoms with Gasteiger partial charge in [-0.1, -0.05) is 76.2 Å². The Balaban J connectivity index is 1.41.